The zero-order valence-corrected chi connectivity index (χ0v) is 25.0. The van der Waals surface area contributed by atoms with Gasteiger partial charge < -0.3 is 20.1 Å². The van der Waals surface area contributed by atoms with Gasteiger partial charge >= 0.3 is 5.91 Å². The molecule has 8 heteroatoms. The maximum Gasteiger partial charge on any atom is 0.391 e. The molecule has 2 N–H and O–H groups in total. The molecular weight excluding hydrogens is 516 g/mol. The van der Waals surface area contributed by atoms with Crippen LogP contribution in [0.15, 0.2) is 36.4 Å². The number of anilines is 1. The van der Waals surface area contributed by atoms with E-state index in [-0.39, 0.29) is 23.7 Å². The Hall–Kier alpha value is -3.07. The topological polar surface area (TPSA) is 82.9 Å². The van der Waals surface area contributed by atoms with Crippen molar-refractivity contribution in [3.8, 4) is 11.1 Å². The first-order valence-corrected chi connectivity index (χ1v) is 15.1. The van der Waals surface area contributed by atoms with E-state index in [1.54, 1.807) is 4.58 Å². The minimum absolute atomic E-state index is 0.0751. The zero-order valence-electron chi connectivity index (χ0n) is 25.0. The quantitative estimate of drug-likeness (QED) is 0.473. The fraction of sp³-hybridized carbons (Fsp3) is 0.545. The van der Waals surface area contributed by atoms with Gasteiger partial charge in [-0.3, -0.25) is 9.69 Å². The van der Waals surface area contributed by atoms with Crippen molar-refractivity contribution >= 4 is 23.2 Å². The fourth-order valence-corrected chi connectivity index (χ4v) is 6.16. The van der Waals surface area contributed by atoms with Crippen molar-refractivity contribution < 1.29 is 23.6 Å². The van der Waals surface area contributed by atoms with Gasteiger partial charge in [0.05, 0.1) is 13.2 Å². The molecule has 3 aliphatic rings. The standard InChI is InChI=1S/C33H44N4O4/c1-22-17-23(2)36(4)33(39)30(22)20-34-32(38)29-18-27(19-31(24(29)3)35-28-9-13-40-14-10-28)26-7-5-25(6-8-26)21-37-11-15-41-16-12-37/h5-8,18-19,22,28,30,35H,9-17,20-21H2,1-4H3/p+1. The predicted octanol–water partition coefficient (Wildman–Crippen LogP) is 4.10. The SMILES string of the molecule is CC1=[N+](C)C(=O)C(CNC(=O)c2cc(-c3ccc(CN4CCOCC4)cc3)cc(NC3CCOCC3)c2C)C(C)C1. The third-order valence-corrected chi connectivity index (χ3v) is 9.04. The summed E-state index contributed by atoms with van der Waals surface area (Å²) in [6, 6.07) is 13.1. The van der Waals surface area contributed by atoms with Gasteiger partial charge in [-0.1, -0.05) is 31.2 Å². The Morgan fingerprint density at radius 1 is 1.00 bits per heavy atom. The van der Waals surface area contributed by atoms with Gasteiger partial charge in [0.15, 0.2) is 5.71 Å². The number of ether oxygens (including phenoxy) is 2. The maximum absolute atomic E-state index is 13.7. The molecule has 41 heavy (non-hydrogen) atoms. The van der Waals surface area contributed by atoms with E-state index >= 15 is 0 Å². The third-order valence-electron chi connectivity index (χ3n) is 9.04. The Bertz CT molecular complexity index is 1280. The van der Waals surface area contributed by atoms with Crippen LogP contribution in [-0.2, 0) is 20.8 Å². The number of hydrogen-bond acceptors (Lipinski definition) is 6. The summed E-state index contributed by atoms with van der Waals surface area (Å²) in [6.07, 6.45) is 2.73. The van der Waals surface area contributed by atoms with Crippen LogP contribution in [-0.4, -0.2) is 86.2 Å². The smallest absolute Gasteiger partial charge is 0.382 e. The van der Waals surface area contributed by atoms with Gasteiger partial charge in [0, 0.05) is 70.0 Å². The highest BCUT2D eigenvalue weighted by atomic mass is 16.5. The second kappa shape index (κ2) is 13.3. The Labute approximate surface area is 244 Å². The van der Waals surface area contributed by atoms with Crippen LogP contribution >= 0.6 is 0 Å². The van der Waals surface area contributed by atoms with Gasteiger partial charge in [0.2, 0.25) is 0 Å². The third kappa shape index (κ3) is 7.05. The van der Waals surface area contributed by atoms with Crippen LogP contribution in [0.1, 0.15) is 54.6 Å². The van der Waals surface area contributed by atoms with Gasteiger partial charge in [-0.15, -0.1) is 0 Å². The molecule has 2 aromatic rings. The monoisotopic (exact) mass is 561 g/mol. The lowest BCUT2D eigenvalue weighted by Gasteiger charge is -2.27. The Kier molecular flexibility index (Phi) is 9.53. The molecule has 3 heterocycles. The lowest BCUT2D eigenvalue weighted by atomic mass is 9.85. The second-order valence-corrected chi connectivity index (χ2v) is 11.9. The van der Waals surface area contributed by atoms with Gasteiger partial charge in [0.1, 0.15) is 13.0 Å². The molecule has 3 aliphatic heterocycles. The molecule has 2 unspecified atom stereocenters. The average molecular weight is 562 g/mol. The highest BCUT2D eigenvalue weighted by Gasteiger charge is 2.38. The molecule has 2 fully saturated rings. The second-order valence-electron chi connectivity index (χ2n) is 11.9. The fourth-order valence-electron chi connectivity index (χ4n) is 6.16. The van der Waals surface area contributed by atoms with E-state index < -0.39 is 0 Å². The largest absolute Gasteiger partial charge is 0.391 e. The summed E-state index contributed by atoms with van der Waals surface area (Å²) in [5.41, 5.74) is 6.96. The molecule has 0 aliphatic carbocycles. The normalized spacial score (nSPS) is 22.6. The first-order chi connectivity index (χ1) is 19.8. The van der Waals surface area contributed by atoms with Crippen molar-refractivity contribution in [1.82, 2.24) is 10.2 Å². The highest BCUT2D eigenvalue weighted by Crippen LogP contribution is 2.31. The van der Waals surface area contributed by atoms with Crippen LogP contribution < -0.4 is 10.6 Å². The molecule has 0 bridgehead atoms. The number of carbonyl (C=O) groups excluding carboxylic acids is 2. The summed E-state index contributed by atoms with van der Waals surface area (Å²) in [4.78, 5) is 29.0. The van der Waals surface area contributed by atoms with E-state index in [0.29, 0.717) is 18.2 Å². The summed E-state index contributed by atoms with van der Waals surface area (Å²) in [6.45, 7) is 12.3. The Morgan fingerprint density at radius 2 is 1.68 bits per heavy atom. The lowest BCUT2D eigenvalue weighted by Crippen LogP contribution is -2.45. The molecular formula is C33H45N4O4+. The van der Waals surface area contributed by atoms with Gasteiger partial charge in [-0.2, -0.15) is 4.58 Å². The van der Waals surface area contributed by atoms with Crippen molar-refractivity contribution in [2.75, 3.05) is 58.4 Å². The first kappa shape index (κ1) is 29.4. The zero-order chi connectivity index (χ0) is 28.9. The van der Waals surface area contributed by atoms with Crippen molar-refractivity contribution in [3.63, 3.8) is 0 Å². The summed E-state index contributed by atoms with van der Waals surface area (Å²) in [7, 11) is 1.83. The van der Waals surface area contributed by atoms with E-state index in [1.807, 2.05) is 27.0 Å². The van der Waals surface area contributed by atoms with E-state index in [0.717, 1.165) is 93.4 Å². The van der Waals surface area contributed by atoms with E-state index in [1.165, 1.54) is 5.56 Å². The van der Waals surface area contributed by atoms with Crippen LogP contribution in [0.3, 0.4) is 0 Å². The first-order valence-electron chi connectivity index (χ1n) is 15.1. The van der Waals surface area contributed by atoms with Gasteiger partial charge in [0.25, 0.3) is 5.91 Å². The summed E-state index contributed by atoms with van der Waals surface area (Å²) < 4.78 is 12.8. The minimum Gasteiger partial charge on any atom is -0.382 e. The Balaban J connectivity index is 1.38. The molecule has 2 saturated heterocycles. The number of morpholine rings is 1. The molecule has 0 aromatic heterocycles. The van der Waals surface area contributed by atoms with Crippen LogP contribution in [0.4, 0.5) is 5.69 Å². The number of hydrogen-bond donors (Lipinski definition) is 2. The molecule has 8 nitrogen and oxygen atoms in total. The van der Waals surface area contributed by atoms with E-state index in [9.17, 15) is 9.59 Å². The number of nitrogens with zero attached hydrogens (tertiary/aromatic N) is 2. The number of benzene rings is 2. The van der Waals surface area contributed by atoms with Crippen LogP contribution in [0.2, 0.25) is 0 Å². The molecule has 0 saturated carbocycles. The van der Waals surface area contributed by atoms with Crippen molar-refractivity contribution in [2.45, 2.75) is 52.6 Å². The molecule has 2 aromatic carbocycles. The predicted molar refractivity (Wildman–Crippen MR) is 162 cm³/mol. The highest BCUT2D eigenvalue weighted by molar-refractivity contribution is 5.99. The summed E-state index contributed by atoms with van der Waals surface area (Å²) in [5, 5.41) is 6.82. The number of nitrogens with one attached hydrogen (secondary N) is 2. The molecule has 2 amide bonds. The van der Waals surface area contributed by atoms with Crippen molar-refractivity contribution in [2.24, 2.45) is 11.8 Å². The van der Waals surface area contributed by atoms with Crippen LogP contribution in [0, 0.1) is 18.8 Å². The van der Waals surface area contributed by atoms with Crippen LogP contribution in [0.25, 0.3) is 11.1 Å². The molecule has 5 rings (SSSR count). The number of amides is 2. The number of rotatable bonds is 8. The Morgan fingerprint density at radius 3 is 2.39 bits per heavy atom. The van der Waals surface area contributed by atoms with Crippen molar-refractivity contribution in [1.29, 1.82) is 0 Å². The van der Waals surface area contributed by atoms with Gasteiger partial charge in [-0.05, 0) is 60.1 Å². The van der Waals surface area contributed by atoms with Gasteiger partial charge in [-0.25, -0.2) is 4.79 Å². The number of carbonyl (C=O) groups is 2. The summed E-state index contributed by atoms with van der Waals surface area (Å²) >= 11 is 0. The molecule has 0 spiro atoms. The average Bonchev–Trinajstić information content (AvgIpc) is 2.98. The minimum atomic E-state index is -0.227. The molecule has 220 valence electrons. The van der Waals surface area contributed by atoms with Crippen LogP contribution in [0.5, 0.6) is 0 Å². The van der Waals surface area contributed by atoms with E-state index in [4.69, 9.17) is 9.47 Å². The van der Waals surface area contributed by atoms with E-state index in [2.05, 4.69) is 52.8 Å². The van der Waals surface area contributed by atoms with Crippen molar-refractivity contribution in [3.05, 3.63) is 53.1 Å². The maximum atomic E-state index is 13.7. The molecule has 2 atom stereocenters. The molecule has 0 radical (unpaired) electrons. The summed E-state index contributed by atoms with van der Waals surface area (Å²) in [5.74, 6) is -0.105. The lowest BCUT2D eigenvalue weighted by molar-refractivity contribution is -0.430.